The SMILES string of the molecule is CCOc1ccc(C(N)C2CC2)c(C)c1. The van der Waals surface area contributed by atoms with Gasteiger partial charge < -0.3 is 10.5 Å². The van der Waals surface area contributed by atoms with Crippen LogP contribution in [0.1, 0.15) is 36.9 Å². The third-order valence-electron chi connectivity index (χ3n) is 3.04. The molecule has 15 heavy (non-hydrogen) atoms. The second-order valence-electron chi connectivity index (χ2n) is 4.31. The summed E-state index contributed by atoms with van der Waals surface area (Å²) in [4.78, 5) is 0. The molecule has 1 aliphatic carbocycles. The summed E-state index contributed by atoms with van der Waals surface area (Å²) < 4.78 is 5.46. The molecule has 1 unspecified atom stereocenters. The van der Waals surface area contributed by atoms with Gasteiger partial charge in [-0.25, -0.2) is 0 Å². The van der Waals surface area contributed by atoms with Gasteiger partial charge in [-0.05, 0) is 55.9 Å². The van der Waals surface area contributed by atoms with Gasteiger partial charge in [-0.2, -0.15) is 0 Å². The summed E-state index contributed by atoms with van der Waals surface area (Å²) in [5, 5.41) is 0. The van der Waals surface area contributed by atoms with Crippen LogP contribution in [-0.2, 0) is 0 Å². The Morgan fingerprint density at radius 3 is 2.73 bits per heavy atom. The van der Waals surface area contributed by atoms with E-state index < -0.39 is 0 Å². The molecule has 1 aliphatic rings. The average Bonchev–Trinajstić information content (AvgIpc) is 3.01. The first-order chi connectivity index (χ1) is 7.22. The van der Waals surface area contributed by atoms with Crippen molar-refractivity contribution in [3.63, 3.8) is 0 Å². The molecule has 0 aliphatic heterocycles. The zero-order valence-electron chi connectivity index (χ0n) is 9.49. The first-order valence-corrected chi connectivity index (χ1v) is 5.71. The van der Waals surface area contributed by atoms with E-state index in [0.29, 0.717) is 12.5 Å². The van der Waals surface area contributed by atoms with Crippen LogP contribution in [0.2, 0.25) is 0 Å². The van der Waals surface area contributed by atoms with Crippen molar-refractivity contribution >= 4 is 0 Å². The van der Waals surface area contributed by atoms with Gasteiger partial charge in [-0.3, -0.25) is 0 Å². The fourth-order valence-electron chi connectivity index (χ4n) is 1.99. The van der Waals surface area contributed by atoms with Gasteiger partial charge in [0.1, 0.15) is 5.75 Å². The Hall–Kier alpha value is -1.02. The lowest BCUT2D eigenvalue weighted by Crippen LogP contribution is -2.13. The van der Waals surface area contributed by atoms with Crippen molar-refractivity contribution in [3.05, 3.63) is 29.3 Å². The van der Waals surface area contributed by atoms with E-state index in [2.05, 4.69) is 19.1 Å². The molecular weight excluding hydrogens is 186 g/mol. The van der Waals surface area contributed by atoms with Crippen molar-refractivity contribution in [2.24, 2.45) is 11.7 Å². The molecule has 82 valence electrons. The molecule has 0 spiro atoms. The fraction of sp³-hybridized carbons (Fsp3) is 0.538. The van der Waals surface area contributed by atoms with Crippen molar-refractivity contribution in [3.8, 4) is 5.75 Å². The van der Waals surface area contributed by atoms with Gasteiger partial charge in [0, 0.05) is 6.04 Å². The minimum absolute atomic E-state index is 0.223. The van der Waals surface area contributed by atoms with E-state index in [1.807, 2.05) is 13.0 Å². The van der Waals surface area contributed by atoms with Gasteiger partial charge >= 0.3 is 0 Å². The Kier molecular flexibility index (Phi) is 2.96. The molecule has 2 rings (SSSR count). The Bertz CT molecular complexity index is 344. The third-order valence-corrected chi connectivity index (χ3v) is 3.04. The molecule has 1 saturated carbocycles. The molecule has 0 bridgehead atoms. The Balaban J connectivity index is 2.17. The molecule has 0 heterocycles. The predicted molar refractivity (Wildman–Crippen MR) is 62.0 cm³/mol. The van der Waals surface area contributed by atoms with Crippen LogP contribution in [0.3, 0.4) is 0 Å². The Morgan fingerprint density at radius 1 is 1.47 bits per heavy atom. The average molecular weight is 205 g/mol. The van der Waals surface area contributed by atoms with E-state index in [9.17, 15) is 0 Å². The second kappa shape index (κ2) is 4.23. The van der Waals surface area contributed by atoms with Gasteiger partial charge in [0.2, 0.25) is 0 Å². The highest BCUT2D eigenvalue weighted by Gasteiger charge is 2.30. The molecule has 0 radical (unpaired) electrons. The van der Waals surface area contributed by atoms with Crippen LogP contribution in [0.5, 0.6) is 5.75 Å². The molecule has 0 aromatic heterocycles. The number of hydrogen-bond acceptors (Lipinski definition) is 2. The Labute approximate surface area is 91.4 Å². The third kappa shape index (κ3) is 2.32. The van der Waals surface area contributed by atoms with Gasteiger partial charge in [-0.15, -0.1) is 0 Å². The minimum atomic E-state index is 0.223. The summed E-state index contributed by atoms with van der Waals surface area (Å²) in [7, 11) is 0. The molecule has 2 nitrogen and oxygen atoms in total. The quantitative estimate of drug-likeness (QED) is 0.820. The lowest BCUT2D eigenvalue weighted by molar-refractivity contribution is 0.340. The summed E-state index contributed by atoms with van der Waals surface area (Å²) in [5.41, 5.74) is 8.71. The monoisotopic (exact) mass is 205 g/mol. The fourth-order valence-corrected chi connectivity index (χ4v) is 1.99. The molecule has 0 saturated heterocycles. The van der Waals surface area contributed by atoms with Gasteiger partial charge in [0.25, 0.3) is 0 Å². The lowest BCUT2D eigenvalue weighted by atomic mass is 9.98. The summed E-state index contributed by atoms with van der Waals surface area (Å²) in [6.45, 7) is 4.83. The zero-order valence-corrected chi connectivity index (χ0v) is 9.49. The largest absolute Gasteiger partial charge is 0.494 e. The summed E-state index contributed by atoms with van der Waals surface area (Å²) in [6.07, 6.45) is 2.57. The molecule has 1 aromatic carbocycles. The first-order valence-electron chi connectivity index (χ1n) is 5.71. The molecule has 2 heteroatoms. The van der Waals surface area contributed by atoms with Crippen LogP contribution in [0.4, 0.5) is 0 Å². The van der Waals surface area contributed by atoms with Crippen LogP contribution in [-0.4, -0.2) is 6.61 Å². The van der Waals surface area contributed by atoms with Crippen LogP contribution >= 0.6 is 0 Å². The van der Waals surface area contributed by atoms with Crippen molar-refractivity contribution < 1.29 is 4.74 Å². The first kappa shape index (κ1) is 10.5. The van der Waals surface area contributed by atoms with E-state index >= 15 is 0 Å². The second-order valence-corrected chi connectivity index (χ2v) is 4.31. The van der Waals surface area contributed by atoms with Gasteiger partial charge in [0.05, 0.1) is 6.61 Å². The number of nitrogens with two attached hydrogens (primary N) is 1. The van der Waals surface area contributed by atoms with Crippen LogP contribution < -0.4 is 10.5 Å². The molecule has 1 fully saturated rings. The van der Waals surface area contributed by atoms with Crippen molar-refractivity contribution in [1.29, 1.82) is 0 Å². The van der Waals surface area contributed by atoms with Crippen molar-refractivity contribution in [2.45, 2.75) is 32.7 Å². The predicted octanol–water partition coefficient (Wildman–Crippen LogP) is 2.80. The Morgan fingerprint density at radius 2 is 2.20 bits per heavy atom. The van der Waals surface area contributed by atoms with E-state index in [4.69, 9.17) is 10.5 Å². The smallest absolute Gasteiger partial charge is 0.119 e. The van der Waals surface area contributed by atoms with E-state index in [1.54, 1.807) is 0 Å². The lowest BCUT2D eigenvalue weighted by Gasteiger charge is -2.15. The zero-order chi connectivity index (χ0) is 10.8. The van der Waals surface area contributed by atoms with E-state index in [0.717, 1.165) is 5.75 Å². The number of aryl methyl sites for hydroxylation is 1. The number of rotatable bonds is 4. The van der Waals surface area contributed by atoms with E-state index in [-0.39, 0.29) is 6.04 Å². The summed E-state index contributed by atoms with van der Waals surface area (Å²) in [6, 6.07) is 6.44. The highest BCUT2D eigenvalue weighted by molar-refractivity contribution is 5.37. The minimum Gasteiger partial charge on any atom is -0.494 e. The molecule has 1 aromatic rings. The van der Waals surface area contributed by atoms with Crippen molar-refractivity contribution in [1.82, 2.24) is 0 Å². The van der Waals surface area contributed by atoms with Crippen molar-refractivity contribution in [2.75, 3.05) is 6.61 Å². The van der Waals surface area contributed by atoms with Crippen LogP contribution in [0.15, 0.2) is 18.2 Å². The van der Waals surface area contributed by atoms with Crippen LogP contribution in [0, 0.1) is 12.8 Å². The topological polar surface area (TPSA) is 35.2 Å². The molecule has 1 atom stereocenters. The maximum Gasteiger partial charge on any atom is 0.119 e. The van der Waals surface area contributed by atoms with E-state index in [1.165, 1.54) is 24.0 Å². The standard InChI is InChI=1S/C13H19NO/c1-3-15-11-6-7-12(9(2)8-11)13(14)10-4-5-10/h6-8,10,13H,3-5,14H2,1-2H3. The highest BCUT2D eigenvalue weighted by Crippen LogP contribution is 2.40. The van der Waals surface area contributed by atoms with Gasteiger partial charge in [0.15, 0.2) is 0 Å². The highest BCUT2D eigenvalue weighted by atomic mass is 16.5. The van der Waals surface area contributed by atoms with Crippen LogP contribution in [0.25, 0.3) is 0 Å². The number of benzene rings is 1. The summed E-state index contributed by atoms with van der Waals surface area (Å²) in [5.74, 6) is 1.66. The number of ether oxygens (including phenoxy) is 1. The maximum atomic E-state index is 6.18. The number of hydrogen-bond donors (Lipinski definition) is 1. The molecular formula is C13H19NO. The molecule has 0 amide bonds. The molecule has 2 N–H and O–H groups in total. The van der Waals surface area contributed by atoms with Gasteiger partial charge in [-0.1, -0.05) is 6.07 Å². The summed E-state index contributed by atoms with van der Waals surface area (Å²) >= 11 is 0. The normalized spacial score (nSPS) is 17.5. The maximum absolute atomic E-state index is 6.18.